The predicted octanol–water partition coefficient (Wildman–Crippen LogP) is 20.1. The Kier molecular flexibility index (Phi) is 36.4. The second-order valence-electron chi connectivity index (χ2n) is 27.7. The van der Waals surface area contributed by atoms with E-state index < -0.39 is 0 Å². The molecule has 8 nitrogen and oxygen atoms in total. The summed E-state index contributed by atoms with van der Waals surface area (Å²) in [5.41, 5.74) is 23.7. The van der Waals surface area contributed by atoms with Crippen molar-refractivity contribution in [1.29, 1.82) is 0 Å². The zero-order chi connectivity index (χ0) is 79.6. The van der Waals surface area contributed by atoms with Crippen LogP contribution in [0.2, 0.25) is 5.02 Å². The minimum atomic E-state index is 0. The van der Waals surface area contributed by atoms with Gasteiger partial charge >= 0.3 is 0 Å². The highest BCUT2D eigenvalue weighted by Gasteiger charge is 2.16. The van der Waals surface area contributed by atoms with Crippen LogP contribution in [0, 0.1) is 29.7 Å². The first-order valence-corrected chi connectivity index (χ1v) is 39.7. The Morgan fingerprint density at radius 3 is 0.888 bits per heavy atom. The minimum Gasteiger partial charge on any atom is -0.388 e. The fraction of sp³-hybridized carbons (Fsp3) is 0.178. The van der Waals surface area contributed by atoms with Gasteiger partial charge in [0.05, 0.1) is 10.7 Å². The van der Waals surface area contributed by atoms with Gasteiger partial charge < -0.3 is 70.6 Å². The molecule has 0 radical (unpaired) electrons. The summed E-state index contributed by atoms with van der Waals surface area (Å²) >= 11 is 6.45. The molecule has 13 rings (SSSR count). The van der Waals surface area contributed by atoms with Gasteiger partial charge in [0, 0.05) is 126 Å². The van der Waals surface area contributed by atoms with Crippen molar-refractivity contribution in [1.82, 2.24) is 0 Å². The standard InChI is InChI=1S/C29H30N2.C26H30N2.C25H28N2.C23H23ClN2.4CH3/c1-5-31(6-2)24-17-15-23(16-18-24)29(22-13-11-21(3)12-14-22)27-19-20-28(30-4)26-10-8-7-9-25(26)27;1-5-27-24-16-12-22(13-17-24)26(21-10-8-20(4)9-11-21)23-14-18-25(19-15-23)28(6-2)7-3;1-5-27(6-2)24-17-13-22(14-18-24)25(20-9-7-19(3)8-10-20)21-11-15-23(26-4)16-12-21;1-16-5-7-17(8-6-16)23(18-9-12-20(13-10-18)26(3)4)19-11-14-22(25-2)21(24)15-19;;;;/h7-20,30H,3,5-6H2,1-2,4H3;8-19,27H,4-7H2,1-3H3;7-18,26H,3,5-6H2,1-2,4H3;5-15,25H,1H2,2-4H3;4*1H3/q;;;;4*-1. The molecule has 0 aliphatic carbocycles. The first-order valence-electron chi connectivity index (χ1n) is 39.3. The fourth-order valence-corrected chi connectivity index (χ4v) is 14.5. The van der Waals surface area contributed by atoms with Crippen molar-refractivity contribution >= 4 is 116 Å². The van der Waals surface area contributed by atoms with Crippen molar-refractivity contribution in [3.8, 4) is 0 Å². The molecule has 0 bridgehead atoms. The lowest BCUT2D eigenvalue weighted by Crippen LogP contribution is -2.21. The van der Waals surface area contributed by atoms with E-state index >= 15 is 0 Å². The Morgan fingerprint density at radius 1 is 0.293 bits per heavy atom. The highest BCUT2D eigenvalue weighted by atomic mass is 35.5. The number of anilines is 8. The maximum Gasteiger partial charge on any atom is 0.0643 e. The number of benzene rings is 13. The summed E-state index contributed by atoms with van der Waals surface area (Å²) < 4.78 is 0. The molecule has 0 heterocycles. The molecule has 13 aromatic rings. The van der Waals surface area contributed by atoms with E-state index in [-0.39, 0.29) is 29.7 Å². The lowest BCUT2D eigenvalue weighted by atomic mass is 9.90. The molecule has 0 saturated heterocycles. The molecule has 0 unspecified atom stereocenters. The predicted molar refractivity (Wildman–Crippen MR) is 519 cm³/mol. The number of hydrogen-bond acceptors (Lipinski definition) is 8. The molecule has 9 heteroatoms. The van der Waals surface area contributed by atoms with Crippen LogP contribution >= 0.6 is 11.6 Å². The van der Waals surface area contributed by atoms with Crippen LogP contribution in [0.5, 0.6) is 0 Å². The normalized spacial score (nSPS) is 10.2. The first-order chi connectivity index (χ1) is 54.5. The largest absolute Gasteiger partial charge is 0.388 e. The molecular formula is C107H123ClN8-4. The van der Waals surface area contributed by atoms with Gasteiger partial charge in [-0.15, -0.1) is 0 Å². The van der Waals surface area contributed by atoms with Crippen LogP contribution in [0.25, 0.3) is 59.4 Å². The summed E-state index contributed by atoms with van der Waals surface area (Å²) in [6.07, 6.45) is 0. The van der Waals surface area contributed by atoms with Crippen molar-refractivity contribution in [2.45, 2.75) is 48.5 Å². The van der Waals surface area contributed by atoms with Crippen molar-refractivity contribution < 1.29 is 0 Å². The van der Waals surface area contributed by atoms with Crippen molar-refractivity contribution in [3.05, 3.63) is 418 Å². The van der Waals surface area contributed by atoms with E-state index in [1.54, 1.807) is 0 Å². The molecular weight excluding hydrogens is 1430 g/mol. The van der Waals surface area contributed by atoms with Crippen LogP contribution in [0.4, 0.5) is 45.5 Å². The topological polar surface area (TPSA) is 61.1 Å². The summed E-state index contributed by atoms with van der Waals surface area (Å²) in [4.78, 5) is 9.20. The molecule has 0 fully saturated rings. The maximum atomic E-state index is 6.45. The van der Waals surface area contributed by atoms with Gasteiger partial charge in [0.1, 0.15) is 0 Å². The minimum absolute atomic E-state index is 0. The number of nitrogens with one attached hydrogen (secondary N) is 4. The van der Waals surface area contributed by atoms with Gasteiger partial charge in [0.25, 0.3) is 0 Å². The van der Waals surface area contributed by atoms with E-state index in [0.717, 1.165) is 111 Å². The van der Waals surface area contributed by atoms with Gasteiger partial charge in [-0.1, -0.05) is 244 Å². The molecule has 602 valence electrons. The van der Waals surface area contributed by atoms with Crippen LogP contribution in [0.15, 0.2) is 297 Å². The van der Waals surface area contributed by atoms with Gasteiger partial charge in [0.15, 0.2) is 0 Å². The van der Waals surface area contributed by atoms with Gasteiger partial charge in [-0.25, -0.2) is 0 Å². The summed E-state index contributed by atoms with van der Waals surface area (Å²) in [5.74, 6) is 0. The molecule has 116 heavy (non-hydrogen) atoms. The number of halogens is 1. The number of fused-ring (bicyclic) bond motifs is 1. The van der Waals surface area contributed by atoms with E-state index in [4.69, 9.17) is 11.6 Å². The third-order valence-electron chi connectivity index (χ3n) is 20.5. The summed E-state index contributed by atoms with van der Waals surface area (Å²) in [5, 5.41) is 25.0. The van der Waals surface area contributed by atoms with Crippen molar-refractivity contribution in [3.63, 3.8) is 0 Å². The van der Waals surface area contributed by atoms with Gasteiger partial charge in [-0.2, -0.15) is 0 Å². The number of rotatable bonds is 23. The van der Waals surface area contributed by atoms with Crippen LogP contribution in [0.1, 0.15) is 93.0 Å². The molecule has 4 N–H and O–H groups in total. The molecule has 0 atom stereocenters. The van der Waals surface area contributed by atoms with Gasteiger partial charge in [-0.05, 0) is 253 Å². The highest BCUT2D eigenvalue weighted by molar-refractivity contribution is 6.33. The molecule has 0 saturated carbocycles. The van der Waals surface area contributed by atoms with Gasteiger partial charge in [0.2, 0.25) is 0 Å². The lowest BCUT2D eigenvalue weighted by Gasteiger charge is -2.21. The Morgan fingerprint density at radius 2 is 0.578 bits per heavy atom. The summed E-state index contributed by atoms with van der Waals surface area (Å²) in [6.45, 7) is 38.4. The summed E-state index contributed by atoms with van der Waals surface area (Å²) in [6, 6.07) is 106. The smallest absolute Gasteiger partial charge is 0.0643 e. The Hall–Kier alpha value is -12.2. The monoisotopic (exact) mass is 1550 g/mol. The van der Waals surface area contributed by atoms with E-state index in [1.807, 2.05) is 59.5 Å². The van der Waals surface area contributed by atoms with Crippen LogP contribution in [-0.4, -0.2) is 81.1 Å². The number of nitrogens with zero attached hydrogens (tertiary/aromatic N) is 4. The number of hydrogen-bond donors (Lipinski definition) is 4. The Bertz CT molecular complexity index is 5640. The lowest BCUT2D eigenvalue weighted by molar-refractivity contribution is 0.866. The average molecular weight is 1560 g/mol. The van der Waals surface area contributed by atoms with E-state index in [1.165, 1.54) is 99.3 Å². The summed E-state index contributed by atoms with van der Waals surface area (Å²) in [7, 11) is 9.88. The van der Waals surface area contributed by atoms with E-state index in [9.17, 15) is 0 Å². The Balaban J connectivity index is 0.000000238. The SMILES string of the molecule is C=c1ccc(=C(c2ccc(N(C)C)cc2)c2ccc(NC)c(Cl)c2)cc1.C=c1ccc(=C(c2ccc(N(CC)CC)cc2)c2ccc(NC)c3ccccc23)cc1.C=c1ccc(=C(c2ccc(NC)cc2)c2ccc(N(CC)CC)cc2)cc1.C=c1ccc(=C(c2ccc(NCC)cc2)c2ccc(N(CC)CC)cc2)cc1.[CH3-].[CH3-].[CH3-].[CH3-]. The second kappa shape index (κ2) is 45.6. The molecule has 13 aromatic carbocycles. The molecule has 0 spiro atoms. The molecule has 0 aliphatic heterocycles. The third-order valence-corrected chi connectivity index (χ3v) is 20.8. The van der Waals surface area contributed by atoms with Gasteiger partial charge in [-0.3, -0.25) is 0 Å². The van der Waals surface area contributed by atoms with Crippen molar-refractivity contribution in [2.75, 3.05) is 122 Å². The van der Waals surface area contributed by atoms with E-state index in [2.05, 4.69) is 389 Å². The molecule has 0 amide bonds. The van der Waals surface area contributed by atoms with E-state index in [0.29, 0.717) is 5.02 Å². The van der Waals surface area contributed by atoms with Crippen molar-refractivity contribution in [2.24, 2.45) is 0 Å². The third kappa shape index (κ3) is 23.5. The zero-order valence-corrected chi connectivity index (χ0v) is 72.5. The highest BCUT2D eigenvalue weighted by Crippen LogP contribution is 2.35. The quantitative estimate of drug-likeness (QED) is 0.0473. The maximum absolute atomic E-state index is 6.45. The average Bonchev–Trinajstić information content (AvgIpc) is 0.786. The first kappa shape index (κ1) is 92.6. The van der Waals surface area contributed by atoms with Crippen LogP contribution < -0.4 is 82.6 Å². The van der Waals surface area contributed by atoms with Crippen LogP contribution in [0.3, 0.4) is 0 Å². The molecule has 0 aliphatic rings. The second-order valence-corrected chi connectivity index (χ2v) is 28.1. The zero-order valence-electron chi connectivity index (χ0n) is 71.7. The fourth-order valence-electron chi connectivity index (χ4n) is 14.2. The molecule has 0 aromatic heterocycles. The van der Waals surface area contributed by atoms with Crippen LogP contribution in [-0.2, 0) is 0 Å². The Labute approximate surface area is 700 Å².